The van der Waals surface area contributed by atoms with Gasteiger partial charge in [0.1, 0.15) is 0 Å². The van der Waals surface area contributed by atoms with Crippen molar-refractivity contribution in [3.8, 4) is 0 Å². The van der Waals surface area contributed by atoms with E-state index in [0.29, 0.717) is 17.9 Å². The molecule has 1 aliphatic heterocycles. The summed E-state index contributed by atoms with van der Waals surface area (Å²) in [4.78, 5) is 14.9. The van der Waals surface area contributed by atoms with E-state index >= 15 is 0 Å². The summed E-state index contributed by atoms with van der Waals surface area (Å²) in [6.45, 7) is 6.85. The first-order valence-electron chi connectivity index (χ1n) is 8.08. The highest BCUT2D eigenvalue weighted by Gasteiger charge is 2.49. The van der Waals surface area contributed by atoms with E-state index in [1.165, 1.54) is 19.3 Å². The standard InChI is InChI=1S/C16H27N3O.2ClH/c1-2-7-19-8-5-13(6-9-19)18-16(20)14-11-3-4-12(10-11)15(14)17;;/h2,11-15H,1,3-10,17H2,(H,18,20);2*1H. The van der Waals surface area contributed by atoms with E-state index in [1.807, 2.05) is 6.08 Å². The van der Waals surface area contributed by atoms with Gasteiger partial charge in [0.25, 0.3) is 0 Å². The molecule has 2 aliphatic carbocycles. The van der Waals surface area contributed by atoms with Crippen LogP contribution in [-0.2, 0) is 4.79 Å². The number of nitrogens with zero attached hydrogens (tertiary/aromatic N) is 1. The smallest absolute Gasteiger partial charge is 0.225 e. The molecule has 0 aromatic carbocycles. The van der Waals surface area contributed by atoms with Gasteiger partial charge in [-0.3, -0.25) is 9.69 Å². The van der Waals surface area contributed by atoms with E-state index in [4.69, 9.17) is 5.73 Å². The van der Waals surface area contributed by atoms with Crippen molar-refractivity contribution in [2.45, 2.75) is 44.2 Å². The van der Waals surface area contributed by atoms with Crippen LogP contribution in [-0.4, -0.2) is 42.5 Å². The molecule has 3 rings (SSSR count). The van der Waals surface area contributed by atoms with Crippen LogP contribution in [0.1, 0.15) is 32.1 Å². The Morgan fingerprint density at radius 2 is 1.82 bits per heavy atom. The van der Waals surface area contributed by atoms with E-state index < -0.39 is 0 Å². The van der Waals surface area contributed by atoms with Gasteiger partial charge in [-0.1, -0.05) is 6.08 Å². The highest BCUT2D eigenvalue weighted by molar-refractivity contribution is 5.85. The Morgan fingerprint density at radius 3 is 2.36 bits per heavy atom. The highest BCUT2D eigenvalue weighted by Crippen LogP contribution is 2.47. The van der Waals surface area contributed by atoms with Crippen LogP contribution in [0.2, 0.25) is 0 Å². The molecule has 22 heavy (non-hydrogen) atoms. The van der Waals surface area contributed by atoms with Crippen LogP contribution in [0.5, 0.6) is 0 Å². The van der Waals surface area contributed by atoms with E-state index in [2.05, 4.69) is 16.8 Å². The number of amides is 1. The Hall–Kier alpha value is -0.290. The minimum Gasteiger partial charge on any atom is -0.353 e. The predicted octanol–water partition coefficient (Wildman–Crippen LogP) is 1.97. The number of nitrogens with one attached hydrogen (secondary N) is 1. The van der Waals surface area contributed by atoms with Gasteiger partial charge in [0.2, 0.25) is 5.91 Å². The maximum atomic E-state index is 12.5. The zero-order valence-corrected chi connectivity index (χ0v) is 14.7. The lowest BCUT2D eigenvalue weighted by molar-refractivity contribution is -0.128. The second-order valence-electron chi connectivity index (χ2n) is 6.81. The van der Waals surface area contributed by atoms with Crippen molar-refractivity contribution in [3.05, 3.63) is 12.7 Å². The van der Waals surface area contributed by atoms with Crippen LogP contribution in [0.3, 0.4) is 0 Å². The molecule has 2 bridgehead atoms. The summed E-state index contributed by atoms with van der Waals surface area (Å²) in [6, 6.07) is 0.449. The molecule has 128 valence electrons. The van der Waals surface area contributed by atoms with Gasteiger partial charge in [0.05, 0.1) is 5.92 Å². The minimum atomic E-state index is 0. The average molecular weight is 350 g/mol. The first-order valence-corrected chi connectivity index (χ1v) is 8.08. The summed E-state index contributed by atoms with van der Waals surface area (Å²) in [6.07, 6.45) is 7.67. The van der Waals surface area contributed by atoms with Gasteiger partial charge in [-0.25, -0.2) is 0 Å². The van der Waals surface area contributed by atoms with E-state index in [0.717, 1.165) is 32.5 Å². The molecular formula is C16H29Cl2N3O. The van der Waals surface area contributed by atoms with Crippen molar-refractivity contribution < 1.29 is 4.79 Å². The Kier molecular flexibility index (Phi) is 7.66. The quantitative estimate of drug-likeness (QED) is 0.762. The Morgan fingerprint density at radius 1 is 1.18 bits per heavy atom. The van der Waals surface area contributed by atoms with Crippen LogP contribution in [0.4, 0.5) is 0 Å². The molecule has 4 unspecified atom stereocenters. The van der Waals surface area contributed by atoms with Crippen LogP contribution in [0.25, 0.3) is 0 Å². The zero-order valence-electron chi connectivity index (χ0n) is 13.1. The van der Waals surface area contributed by atoms with Crippen LogP contribution < -0.4 is 11.1 Å². The van der Waals surface area contributed by atoms with Crippen molar-refractivity contribution in [2.75, 3.05) is 19.6 Å². The predicted molar refractivity (Wildman–Crippen MR) is 94.6 cm³/mol. The number of carbonyl (C=O) groups excluding carboxylic acids is 1. The summed E-state index contributed by atoms with van der Waals surface area (Å²) >= 11 is 0. The van der Waals surface area contributed by atoms with Crippen molar-refractivity contribution >= 4 is 30.7 Å². The van der Waals surface area contributed by atoms with Gasteiger partial charge in [-0.2, -0.15) is 0 Å². The second-order valence-corrected chi connectivity index (χ2v) is 6.81. The number of halogens is 2. The highest BCUT2D eigenvalue weighted by atomic mass is 35.5. The SMILES string of the molecule is C=CCN1CCC(NC(=O)C2C3CCC(C3)C2N)CC1.Cl.Cl. The van der Waals surface area contributed by atoms with Crippen LogP contribution in [0.15, 0.2) is 12.7 Å². The third-order valence-corrected chi connectivity index (χ3v) is 5.60. The third kappa shape index (κ3) is 3.97. The topological polar surface area (TPSA) is 58.4 Å². The molecule has 1 heterocycles. The van der Waals surface area contributed by atoms with Crippen molar-refractivity contribution in [2.24, 2.45) is 23.5 Å². The van der Waals surface area contributed by atoms with E-state index in [9.17, 15) is 4.79 Å². The molecular weight excluding hydrogens is 321 g/mol. The molecule has 4 atom stereocenters. The number of hydrogen-bond acceptors (Lipinski definition) is 3. The molecule has 3 N–H and O–H groups in total. The van der Waals surface area contributed by atoms with Crippen LogP contribution >= 0.6 is 24.8 Å². The molecule has 6 heteroatoms. The Labute approximate surface area is 146 Å². The normalized spacial score (nSPS) is 34.6. The Balaban J connectivity index is 0.00000121. The number of carbonyl (C=O) groups is 1. The summed E-state index contributed by atoms with van der Waals surface area (Å²) in [7, 11) is 0. The second kappa shape index (κ2) is 8.53. The fourth-order valence-corrected chi connectivity index (χ4v) is 4.46. The molecule has 3 fully saturated rings. The molecule has 0 spiro atoms. The number of fused-ring (bicyclic) bond motifs is 2. The lowest BCUT2D eigenvalue weighted by Gasteiger charge is -2.34. The maximum Gasteiger partial charge on any atom is 0.225 e. The summed E-state index contributed by atoms with van der Waals surface area (Å²) < 4.78 is 0. The number of nitrogens with two attached hydrogens (primary N) is 1. The van der Waals surface area contributed by atoms with Gasteiger partial charge in [-0.05, 0) is 43.9 Å². The number of hydrogen-bond donors (Lipinski definition) is 2. The summed E-state index contributed by atoms with van der Waals surface area (Å²) in [5.41, 5.74) is 6.25. The monoisotopic (exact) mass is 349 g/mol. The molecule has 1 amide bonds. The van der Waals surface area contributed by atoms with Crippen molar-refractivity contribution in [1.29, 1.82) is 0 Å². The van der Waals surface area contributed by atoms with Gasteiger partial charge in [0, 0.05) is 31.7 Å². The molecule has 0 aromatic rings. The van der Waals surface area contributed by atoms with Crippen molar-refractivity contribution in [1.82, 2.24) is 10.2 Å². The number of piperidine rings is 1. The molecule has 3 aliphatic rings. The Bertz CT molecular complexity index is 384. The maximum absolute atomic E-state index is 12.5. The first kappa shape index (κ1) is 19.8. The largest absolute Gasteiger partial charge is 0.353 e. The molecule has 4 nitrogen and oxygen atoms in total. The summed E-state index contributed by atoms with van der Waals surface area (Å²) in [5.74, 6) is 1.47. The summed E-state index contributed by atoms with van der Waals surface area (Å²) in [5, 5.41) is 3.27. The number of rotatable bonds is 4. The van der Waals surface area contributed by atoms with Gasteiger partial charge >= 0.3 is 0 Å². The van der Waals surface area contributed by atoms with Gasteiger partial charge < -0.3 is 11.1 Å². The fraction of sp³-hybridized carbons (Fsp3) is 0.812. The molecule has 0 aromatic heterocycles. The first-order chi connectivity index (χ1) is 9.69. The van der Waals surface area contributed by atoms with E-state index in [-0.39, 0.29) is 42.7 Å². The van der Waals surface area contributed by atoms with Gasteiger partial charge in [0.15, 0.2) is 0 Å². The van der Waals surface area contributed by atoms with E-state index in [1.54, 1.807) is 0 Å². The third-order valence-electron chi connectivity index (χ3n) is 5.60. The lowest BCUT2D eigenvalue weighted by Crippen LogP contribution is -2.50. The zero-order chi connectivity index (χ0) is 14.1. The average Bonchev–Trinajstić information content (AvgIpc) is 3.02. The number of likely N-dealkylation sites (tertiary alicyclic amines) is 1. The lowest BCUT2D eigenvalue weighted by atomic mass is 9.84. The molecule has 0 radical (unpaired) electrons. The van der Waals surface area contributed by atoms with Gasteiger partial charge in [-0.15, -0.1) is 31.4 Å². The minimum absolute atomic E-state index is 0. The molecule has 2 saturated carbocycles. The van der Waals surface area contributed by atoms with Crippen molar-refractivity contribution in [3.63, 3.8) is 0 Å². The molecule has 1 saturated heterocycles. The van der Waals surface area contributed by atoms with Crippen LogP contribution in [0, 0.1) is 17.8 Å². The fourth-order valence-electron chi connectivity index (χ4n) is 4.46.